The highest BCUT2D eigenvalue weighted by Crippen LogP contribution is 2.32. The summed E-state index contributed by atoms with van der Waals surface area (Å²) in [7, 11) is 2.93. The van der Waals surface area contributed by atoms with Gasteiger partial charge >= 0.3 is 5.97 Å². The van der Waals surface area contributed by atoms with Crippen molar-refractivity contribution in [3.05, 3.63) is 29.8 Å². The molecule has 5 heteroatoms. The summed E-state index contributed by atoms with van der Waals surface area (Å²) < 4.78 is 9.77. The molecule has 0 spiro atoms. The first kappa shape index (κ1) is 13.5. The Kier molecular flexibility index (Phi) is 3.57. The summed E-state index contributed by atoms with van der Waals surface area (Å²) in [6.07, 6.45) is 0. The lowest BCUT2D eigenvalue weighted by atomic mass is 9.84. The maximum Gasteiger partial charge on any atom is 0.326 e. The number of hydrogen-bond acceptors (Lipinski definition) is 4. The number of benzene rings is 1. The Morgan fingerprint density at radius 3 is 2.53 bits per heavy atom. The van der Waals surface area contributed by atoms with Crippen LogP contribution in [0.3, 0.4) is 0 Å². The van der Waals surface area contributed by atoms with Crippen LogP contribution in [0.1, 0.15) is 5.56 Å². The third kappa shape index (κ3) is 2.21. The largest absolute Gasteiger partial charge is 0.468 e. The highest BCUT2D eigenvalue weighted by atomic mass is 16.5. The molecule has 1 fully saturated rings. The Hall–Kier alpha value is -1.88. The molecule has 0 aliphatic carbocycles. The molecule has 0 bridgehead atoms. The lowest BCUT2D eigenvalue weighted by Gasteiger charge is -2.39. The van der Waals surface area contributed by atoms with Gasteiger partial charge in [0.25, 0.3) is 0 Å². The van der Waals surface area contributed by atoms with Gasteiger partial charge in [-0.1, -0.05) is 12.1 Å². The van der Waals surface area contributed by atoms with Crippen LogP contribution in [0.2, 0.25) is 0 Å². The normalized spacial score (nSPS) is 16.4. The summed E-state index contributed by atoms with van der Waals surface area (Å²) in [6, 6.07) is 7.54. The fourth-order valence-corrected chi connectivity index (χ4v) is 2.11. The third-order valence-electron chi connectivity index (χ3n) is 3.38. The molecule has 0 saturated carbocycles. The number of aryl methyl sites for hydroxylation is 1. The fourth-order valence-electron chi connectivity index (χ4n) is 2.11. The number of esters is 1. The summed E-state index contributed by atoms with van der Waals surface area (Å²) in [4.78, 5) is 25.8. The number of methoxy groups -OCH3 is 1. The molecule has 2 rings (SSSR count). The summed E-state index contributed by atoms with van der Waals surface area (Å²) in [6.45, 7) is 2.10. The zero-order valence-electron chi connectivity index (χ0n) is 11.3. The molecule has 0 unspecified atom stereocenters. The van der Waals surface area contributed by atoms with Crippen LogP contribution in [0.15, 0.2) is 24.3 Å². The highest BCUT2D eigenvalue weighted by Gasteiger charge is 2.55. The predicted molar refractivity (Wildman–Crippen MR) is 69.9 cm³/mol. The molecule has 19 heavy (non-hydrogen) atoms. The second-order valence-corrected chi connectivity index (χ2v) is 4.77. The Bertz CT molecular complexity index is 508. The van der Waals surface area contributed by atoms with E-state index in [9.17, 15) is 9.59 Å². The number of carbonyl (C=O) groups excluding carboxylic acids is 2. The van der Waals surface area contributed by atoms with Gasteiger partial charge in [-0.3, -0.25) is 9.59 Å². The fraction of sp³-hybridized carbons (Fsp3) is 0.429. The monoisotopic (exact) mass is 263 g/mol. The highest BCUT2D eigenvalue weighted by molar-refractivity contribution is 6.10. The number of ether oxygens (including phenoxy) is 2. The van der Waals surface area contributed by atoms with Crippen LogP contribution in [0.4, 0.5) is 5.69 Å². The Balaban J connectivity index is 2.26. The van der Waals surface area contributed by atoms with E-state index >= 15 is 0 Å². The van der Waals surface area contributed by atoms with Gasteiger partial charge in [0.05, 0.1) is 20.3 Å². The van der Waals surface area contributed by atoms with Crippen LogP contribution in [-0.4, -0.2) is 39.2 Å². The quantitative estimate of drug-likeness (QED) is 0.606. The van der Waals surface area contributed by atoms with E-state index < -0.39 is 11.4 Å². The van der Waals surface area contributed by atoms with Crippen LogP contribution < -0.4 is 4.90 Å². The van der Waals surface area contributed by atoms with E-state index in [4.69, 9.17) is 9.47 Å². The van der Waals surface area contributed by atoms with Crippen molar-refractivity contribution in [1.82, 2.24) is 0 Å². The molecule has 1 aromatic rings. The third-order valence-corrected chi connectivity index (χ3v) is 3.38. The molecule has 5 nitrogen and oxygen atoms in total. The van der Waals surface area contributed by atoms with E-state index in [-0.39, 0.29) is 19.1 Å². The van der Waals surface area contributed by atoms with Crippen molar-refractivity contribution in [1.29, 1.82) is 0 Å². The summed E-state index contributed by atoms with van der Waals surface area (Å²) >= 11 is 0. The van der Waals surface area contributed by atoms with E-state index in [1.165, 1.54) is 12.0 Å². The molecule has 1 aliphatic rings. The first-order valence-electron chi connectivity index (χ1n) is 6.02. The van der Waals surface area contributed by atoms with Gasteiger partial charge in [0.1, 0.15) is 0 Å². The Morgan fingerprint density at radius 2 is 2.05 bits per heavy atom. The Morgan fingerprint density at radius 1 is 1.37 bits per heavy atom. The van der Waals surface area contributed by atoms with Gasteiger partial charge in [-0.05, 0) is 24.6 Å². The number of carbonyl (C=O) groups is 2. The SMILES string of the molecule is COC(=O)C1(C(=O)N(C)c2cccc(C)c2)COC1. The van der Waals surface area contributed by atoms with Crippen molar-refractivity contribution in [2.75, 3.05) is 32.3 Å². The van der Waals surface area contributed by atoms with Crippen LogP contribution in [0, 0.1) is 12.3 Å². The standard InChI is InChI=1S/C14H17NO4/c1-10-5-4-6-11(7-10)15(2)12(16)14(8-19-9-14)13(17)18-3/h4-7H,8-9H2,1-3H3. The molecule has 102 valence electrons. The van der Waals surface area contributed by atoms with E-state index in [1.807, 2.05) is 31.2 Å². The minimum Gasteiger partial charge on any atom is -0.468 e. The number of rotatable bonds is 3. The molecule has 1 aliphatic heterocycles. The van der Waals surface area contributed by atoms with E-state index in [2.05, 4.69) is 0 Å². The summed E-state index contributed by atoms with van der Waals surface area (Å²) in [5, 5.41) is 0. The summed E-state index contributed by atoms with van der Waals surface area (Å²) in [5.41, 5.74) is 0.613. The van der Waals surface area contributed by atoms with Crippen molar-refractivity contribution < 1.29 is 19.1 Å². The van der Waals surface area contributed by atoms with Crippen molar-refractivity contribution in [3.8, 4) is 0 Å². The zero-order chi connectivity index (χ0) is 14.0. The number of hydrogen-bond donors (Lipinski definition) is 0. The lowest BCUT2D eigenvalue weighted by molar-refractivity contribution is -0.186. The van der Waals surface area contributed by atoms with Crippen LogP contribution >= 0.6 is 0 Å². The van der Waals surface area contributed by atoms with Crippen molar-refractivity contribution in [2.24, 2.45) is 5.41 Å². The van der Waals surface area contributed by atoms with Gasteiger partial charge in [0.15, 0.2) is 5.41 Å². The maximum absolute atomic E-state index is 12.5. The minimum absolute atomic E-state index is 0.0780. The van der Waals surface area contributed by atoms with Crippen molar-refractivity contribution in [3.63, 3.8) is 0 Å². The van der Waals surface area contributed by atoms with Crippen molar-refractivity contribution >= 4 is 17.6 Å². The lowest BCUT2D eigenvalue weighted by Crippen LogP contribution is -2.59. The summed E-state index contributed by atoms with van der Waals surface area (Å²) in [5.74, 6) is -0.834. The molecule has 0 aromatic heterocycles. The predicted octanol–water partition coefficient (Wildman–Crippen LogP) is 1.15. The average molecular weight is 263 g/mol. The van der Waals surface area contributed by atoms with Gasteiger partial charge < -0.3 is 14.4 Å². The van der Waals surface area contributed by atoms with Crippen LogP contribution in [0.5, 0.6) is 0 Å². The van der Waals surface area contributed by atoms with Gasteiger partial charge in [-0.25, -0.2) is 0 Å². The van der Waals surface area contributed by atoms with E-state index in [0.717, 1.165) is 11.3 Å². The molecule has 0 atom stereocenters. The van der Waals surface area contributed by atoms with Gasteiger partial charge in [0.2, 0.25) is 5.91 Å². The minimum atomic E-state index is -1.19. The first-order valence-corrected chi connectivity index (χ1v) is 6.02. The van der Waals surface area contributed by atoms with Gasteiger partial charge in [-0.2, -0.15) is 0 Å². The average Bonchev–Trinajstić information content (AvgIpc) is 2.36. The van der Waals surface area contributed by atoms with Crippen LogP contribution in [0.25, 0.3) is 0 Å². The number of anilines is 1. The molecule has 1 heterocycles. The van der Waals surface area contributed by atoms with Gasteiger partial charge in [0, 0.05) is 12.7 Å². The molecule has 1 aromatic carbocycles. The molecule has 1 saturated heterocycles. The van der Waals surface area contributed by atoms with Crippen LogP contribution in [-0.2, 0) is 19.1 Å². The second-order valence-electron chi connectivity index (χ2n) is 4.77. The molecule has 1 amide bonds. The number of amides is 1. The zero-order valence-corrected chi connectivity index (χ0v) is 11.3. The molecule has 0 N–H and O–H groups in total. The molecule has 0 radical (unpaired) electrons. The number of nitrogens with zero attached hydrogens (tertiary/aromatic N) is 1. The molecular weight excluding hydrogens is 246 g/mol. The maximum atomic E-state index is 12.5. The topological polar surface area (TPSA) is 55.8 Å². The second kappa shape index (κ2) is 5.01. The first-order chi connectivity index (χ1) is 9.01. The van der Waals surface area contributed by atoms with E-state index in [1.54, 1.807) is 7.05 Å². The Labute approximate surface area is 112 Å². The van der Waals surface area contributed by atoms with E-state index in [0.29, 0.717) is 0 Å². The smallest absolute Gasteiger partial charge is 0.326 e. The van der Waals surface area contributed by atoms with Crippen molar-refractivity contribution in [2.45, 2.75) is 6.92 Å². The van der Waals surface area contributed by atoms with Gasteiger partial charge in [-0.15, -0.1) is 0 Å². The molecular formula is C14H17NO4.